The average molecular weight is 389 g/mol. The Morgan fingerprint density at radius 1 is 1.14 bits per heavy atom. The van der Waals surface area contributed by atoms with Crippen LogP contribution in [-0.2, 0) is 9.59 Å². The zero-order chi connectivity index (χ0) is 20.5. The summed E-state index contributed by atoms with van der Waals surface area (Å²) >= 11 is 0. The maximum atomic E-state index is 13.7. The second kappa shape index (κ2) is 7.89. The van der Waals surface area contributed by atoms with E-state index in [2.05, 4.69) is 5.32 Å². The Balaban J connectivity index is 1.51. The van der Waals surface area contributed by atoms with E-state index >= 15 is 0 Å². The summed E-state index contributed by atoms with van der Waals surface area (Å²) in [5, 5.41) is 2.86. The van der Waals surface area contributed by atoms with Gasteiger partial charge in [-0.2, -0.15) is 0 Å². The molecule has 2 heterocycles. The molecule has 1 aromatic rings. The van der Waals surface area contributed by atoms with Gasteiger partial charge in [-0.3, -0.25) is 14.4 Å². The lowest BCUT2D eigenvalue weighted by Crippen LogP contribution is -2.49. The van der Waals surface area contributed by atoms with Crippen molar-refractivity contribution in [3.63, 3.8) is 0 Å². The summed E-state index contributed by atoms with van der Waals surface area (Å²) in [7, 11) is 0. The third-order valence-corrected chi connectivity index (χ3v) is 5.54. The predicted molar refractivity (Wildman–Crippen MR) is 103 cm³/mol. The molecule has 0 spiro atoms. The molecule has 1 atom stereocenters. The van der Waals surface area contributed by atoms with E-state index in [-0.39, 0.29) is 41.3 Å². The second-order valence-corrected chi connectivity index (χ2v) is 8.63. The van der Waals surface area contributed by atoms with E-state index in [9.17, 15) is 18.8 Å². The number of hydrogen-bond donors (Lipinski definition) is 1. The summed E-state index contributed by atoms with van der Waals surface area (Å²) in [6.07, 6.45) is 1.51. The third-order valence-electron chi connectivity index (χ3n) is 5.54. The van der Waals surface area contributed by atoms with Gasteiger partial charge in [0.1, 0.15) is 5.82 Å². The number of amides is 3. The highest BCUT2D eigenvalue weighted by molar-refractivity contribution is 5.94. The molecule has 0 bridgehead atoms. The molecule has 2 aliphatic rings. The number of halogens is 1. The summed E-state index contributed by atoms with van der Waals surface area (Å²) in [5.41, 5.74) is -0.247. The van der Waals surface area contributed by atoms with Crippen molar-refractivity contribution in [2.45, 2.75) is 51.6 Å². The standard InChI is InChI=1S/C21H28FN3O3/c1-21(2,3)25-13-14(12-18(25)26)20(28)24-10-8-15(9-11-24)23-19(27)16-6-4-5-7-17(16)22/h4-7,14-15H,8-13H2,1-3H3,(H,23,27). The minimum Gasteiger partial charge on any atom is -0.349 e. The molecule has 2 saturated heterocycles. The van der Waals surface area contributed by atoms with Crippen molar-refractivity contribution in [3.8, 4) is 0 Å². The quantitative estimate of drug-likeness (QED) is 0.862. The molecule has 0 radical (unpaired) electrons. The lowest BCUT2D eigenvalue weighted by molar-refractivity contribution is -0.136. The largest absolute Gasteiger partial charge is 0.349 e. The molecule has 7 heteroatoms. The first-order valence-corrected chi connectivity index (χ1v) is 9.81. The minimum atomic E-state index is -0.540. The van der Waals surface area contributed by atoms with Crippen molar-refractivity contribution in [3.05, 3.63) is 35.6 Å². The summed E-state index contributed by atoms with van der Waals surface area (Å²) in [6, 6.07) is 5.81. The van der Waals surface area contributed by atoms with E-state index in [1.165, 1.54) is 12.1 Å². The number of hydrogen-bond acceptors (Lipinski definition) is 3. The Morgan fingerprint density at radius 3 is 2.36 bits per heavy atom. The van der Waals surface area contributed by atoms with Gasteiger partial charge in [0.25, 0.3) is 5.91 Å². The predicted octanol–water partition coefficient (Wildman–Crippen LogP) is 2.19. The average Bonchev–Trinajstić information content (AvgIpc) is 3.04. The topological polar surface area (TPSA) is 69.7 Å². The van der Waals surface area contributed by atoms with Gasteiger partial charge in [0.15, 0.2) is 0 Å². The van der Waals surface area contributed by atoms with Crippen LogP contribution in [-0.4, -0.2) is 58.7 Å². The van der Waals surface area contributed by atoms with Crippen LogP contribution in [0.25, 0.3) is 0 Å². The Bertz CT molecular complexity index is 766. The molecule has 28 heavy (non-hydrogen) atoms. The number of likely N-dealkylation sites (tertiary alicyclic amines) is 2. The Labute approximate surface area is 165 Å². The van der Waals surface area contributed by atoms with Gasteiger partial charge in [0.2, 0.25) is 11.8 Å². The van der Waals surface area contributed by atoms with Gasteiger partial charge in [-0.1, -0.05) is 12.1 Å². The fourth-order valence-corrected chi connectivity index (χ4v) is 3.93. The fraction of sp³-hybridized carbons (Fsp3) is 0.571. The van der Waals surface area contributed by atoms with Gasteiger partial charge in [-0.15, -0.1) is 0 Å². The van der Waals surface area contributed by atoms with Gasteiger partial charge in [0.05, 0.1) is 11.5 Å². The maximum Gasteiger partial charge on any atom is 0.254 e. The number of carbonyl (C=O) groups excluding carboxylic acids is 3. The van der Waals surface area contributed by atoms with Crippen molar-refractivity contribution in [2.75, 3.05) is 19.6 Å². The van der Waals surface area contributed by atoms with Crippen molar-refractivity contribution < 1.29 is 18.8 Å². The Morgan fingerprint density at radius 2 is 1.79 bits per heavy atom. The summed E-state index contributed by atoms with van der Waals surface area (Å²) in [4.78, 5) is 40.9. The smallest absolute Gasteiger partial charge is 0.254 e. The number of nitrogens with zero attached hydrogens (tertiary/aromatic N) is 2. The van der Waals surface area contributed by atoms with Crippen LogP contribution in [0.2, 0.25) is 0 Å². The van der Waals surface area contributed by atoms with Crippen molar-refractivity contribution in [1.82, 2.24) is 15.1 Å². The van der Waals surface area contributed by atoms with Crippen molar-refractivity contribution >= 4 is 17.7 Å². The molecule has 3 rings (SSSR count). The fourth-order valence-electron chi connectivity index (χ4n) is 3.93. The van der Waals surface area contributed by atoms with Crippen LogP contribution in [0.15, 0.2) is 24.3 Å². The van der Waals surface area contributed by atoms with E-state index in [1.807, 2.05) is 20.8 Å². The molecule has 1 N–H and O–H groups in total. The number of rotatable bonds is 3. The first kappa shape index (κ1) is 20.3. The first-order chi connectivity index (χ1) is 13.2. The van der Waals surface area contributed by atoms with E-state index in [0.29, 0.717) is 32.5 Å². The second-order valence-electron chi connectivity index (χ2n) is 8.63. The molecule has 0 saturated carbocycles. The lowest BCUT2D eigenvalue weighted by atomic mass is 10.0. The highest BCUT2D eigenvalue weighted by Gasteiger charge is 2.41. The summed E-state index contributed by atoms with van der Waals surface area (Å²) in [6.45, 7) is 7.44. The van der Waals surface area contributed by atoms with E-state index in [1.54, 1.807) is 21.9 Å². The van der Waals surface area contributed by atoms with Gasteiger partial charge < -0.3 is 15.1 Å². The molecule has 1 unspecified atom stereocenters. The van der Waals surface area contributed by atoms with Crippen LogP contribution < -0.4 is 5.32 Å². The number of piperidine rings is 1. The molecule has 0 aromatic heterocycles. The molecule has 1 aromatic carbocycles. The lowest BCUT2D eigenvalue weighted by Gasteiger charge is -2.35. The van der Waals surface area contributed by atoms with Gasteiger partial charge in [-0.05, 0) is 45.7 Å². The van der Waals surface area contributed by atoms with Crippen molar-refractivity contribution in [1.29, 1.82) is 0 Å². The minimum absolute atomic E-state index is 0.0129. The van der Waals surface area contributed by atoms with Crippen LogP contribution in [0, 0.1) is 11.7 Å². The number of benzene rings is 1. The molecular weight excluding hydrogens is 361 g/mol. The SMILES string of the molecule is CC(C)(C)N1CC(C(=O)N2CCC(NC(=O)c3ccccc3F)CC2)CC1=O. The molecule has 6 nitrogen and oxygen atoms in total. The highest BCUT2D eigenvalue weighted by atomic mass is 19.1. The van der Waals surface area contributed by atoms with Gasteiger partial charge >= 0.3 is 0 Å². The summed E-state index contributed by atoms with van der Waals surface area (Å²) < 4.78 is 13.7. The first-order valence-electron chi connectivity index (χ1n) is 9.81. The molecule has 2 fully saturated rings. The normalized spacial score (nSPS) is 21.1. The van der Waals surface area contributed by atoms with Crippen LogP contribution in [0.1, 0.15) is 50.4 Å². The zero-order valence-corrected chi connectivity index (χ0v) is 16.7. The van der Waals surface area contributed by atoms with Gasteiger partial charge in [-0.25, -0.2) is 4.39 Å². The highest BCUT2D eigenvalue weighted by Crippen LogP contribution is 2.28. The van der Waals surface area contributed by atoms with Crippen LogP contribution >= 0.6 is 0 Å². The van der Waals surface area contributed by atoms with E-state index < -0.39 is 11.7 Å². The number of carbonyl (C=O) groups is 3. The van der Waals surface area contributed by atoms with Gasteiger partial charge in [0, 0.05) is 37.6 Å². The van der Waals surface area contributed by atoms with E-state index in [0.717, 1.165) is 0 Å². The Kier molecular flexibility index (Phi) is 5.72. The van der Waals surface area contributed by atoms with Crippen LogP contribution in [0.3, 0.4) is 0 Å². The van der Waals surface area contributed by atoms with Crippen LogP contribution in [0.5, 0.6) is 0 Å². The number of nitrogens with one attached hydrogen (secondary N) is 1. The van der Waals surface area contributed by atoms with E-state index in [4.69, 9.17) is 0 Å². The molecular formula is C21H28FN3O3. The zero-order valence-electron chi connectivity index (χ0n) is 16.7. The summed E-state index contributed by atoms with van der Waals surface area (Å²) in [5.74, 6) is -1.22. The molecule has 2 aliphatic heterocycles. The third kappa shape index (κ3) is 4.34. The molecule has 152 valence electrons. The monoisotopic (exact) mass is 389 g/mol. The molecule has 3 amide bonds. The molecule has 0 aliphatic carbocycles. The maximum absolute atomic E-state index is 13.7. The Hall–Kier alpha value is -2.44. The van der Waals surface area contributed by atoms with Crippen LogP contribution in [0.4, 0.5) is 4.39 Å². The van der Waals surface area contributed by atoms with Crippen molar-refractivity contribution in [2.24, 2.45) is 5.92 Å².